The number of alkyl halides is 1. The minimum atomic E-state index is 0.0424. The van der Waals surface area contributed by atoms with Crippen LogP contribution in [0.3, 0.4) is 0 Å². The topological polar surface area (TPSA) is 18.5 Å². The molecule has 0 N–H and O–H groups in total. The molecule has 0 aliphatic carbocycles. The third kappa shape index (κ3) is 2.27. The Morgan fingerprint density at radius 1 is 1.25 bits per heavy atom. The van der Waals surface area contributed by atoms with Crippen LogP contribution in [0.1, 0.15) is 31.2 Å². The fourth-order valence-electron chi connectivity index (χ4n) is 1.77. The zero-order valence-electron chi connectivity index (χ0n) is 9.70. The van der Waals surface area contributed by atoms with Crippen molar-refractivity contribution in [2.45, 2.75) is 25.6 Å². The van der Waals surface area contributed by atoms with Gasteiger partial charge in [-0.3, -0.25) is 0 Å². The maximum absolute atomic E-state index is 6.40. The molecule has 0 aromatic heterocycles. The Hall–Kier alpha value is -0.890. The number of benzene rings is 1. The van der Waals surface area contributed by atoms with Crippen molar-refractivity contribution >= 4 is 11.6 Å². The standard InChI is InChI=1S/C13H17ClO2/c1-3-9(2)13(14)10-4-5-11-12(8-10)16-7-6-15-11/h4-5,8-9,13H,3,6-7H2,1-2H3. The maximum atomic E-state index is 6.40. The van der Waals surface area contributed by atoms with E-state index in [0.29, 0.717) is 19.1 Å². The average Bonchev–Trinajstić information content (AvgIpc) is 2.36. The van der Waals surface area contributed by atoms with Crippen molar-refractivity contribution in [2.24, 2.45) is 5.92 Å². The largest absolute Gasteiger partial charge is 0.486 e. The summed E-state index contributed by atoms with van der Waals surface area (Å²) in [6.07, 6.45) is 1.07. The summed E-state index contributed by atoms with van der Waals surface area (Å²) in [6, 6.07) is 5.97. The lowest BCUT2D eigenvalue weighted by atomic mass is 9.98. The predicted octanol–water partition coefficient (Wildman–Crippen LogP) is 3.78. The molecule has 3 heteroatoms. The van der Waals surface area contributed by atoms with Gasteiger partial charge in [0.2, 0.25) is 0 Å². The van der Waals surface area contributed by atoms with Crippen LogP contribution in [-0.2, 0) is 0 Å². The van der Waals surface area contributed by atoms with Crippen LogP contribution >= 0.6 is 11.6 Å². The van der Waals surface area contributed by atoms with Gasteiger partial charge in [-0.05, 0) is 23.6 Å². The summed E-state index contributed by atoms with van der Waals surface area (Å²) in [5.74, 6) is 2.10. The van der Waals surface area contributed by atoms with Gasteiger partial charge in [-0.1, -0.05) is 26.3 Å². The highest BCUT2D eigenvalue weighted by atomic mass is 35.5. The summed E-state index contributed by atoms with van der Waals surface area (Å²) in [6.45, 7) is 5.56. The minimum absolute atomic E-state index is 0.0424. The van der Waals surface area contributed by atoms with E-state index in [1.807, 2.05) is 18.2 Å². The second-order valence-electron chi connectivity index (χ2n) is 4.19. The molecule has 0 amide bonds. The third-order valence-electron chi connectivity index (χ3n) is 3.03. The first-order chi connectivity index (χ1) is 7.72. The molecular formula is C13H17ClO2. The highest BCUT2D eigenvalue weighted by Gasteiger charge is 2.18. The number of halogens is 1. The molecule has 1 heterocycles. The Labute approximate surface area is 102 Å². The lowest BCUT2D eigenvalue weighted by molar-refractivity contribution is 0.171. The van der Waals surface area contributed by atoms with E-state index in [0.717, 1.165) is 23.5 Å². The first kappa shape index (κ1) is 11.6. The third-order valence-corrected chi connectivity index (χ3v) is 3.71. The summed E-state index contributed by atoms with van der Waals surface area (Å²) >= 11 is 6.40. The van der Waals surface area contributed by atoms with E-state index in [-0.39, 0.29) is 5.38 Å². The number of hydrogen-bond acceptors (Lipinski definition) is 2. The van der Waals surface area contributed by atoms with E-state index in [1.165, 1.54) is 0 Å². The molecule has 88 valence electrons. The van der Waals surface area contributed by atoms with Crippen molar-refractivity contribution in [1.29, 1.82) is 0 Å². The van der Waals surface area contributed by atoms with Gasteiger partial charge in [0.25, 0.3) is 0 Å². The number of hydrogen-bond donors (Lipinski definition) is 0. The second-order valence-corrected chi connectivity index (χ2v) is 4.66. The number of ether oxygens (including phenoxy) is 2. The zero-order chi connectivity index (χ0) is 11.5. The summed E-state index contributed by atoms with van der Waals surface area (Å²) < 4.78 is 11.0. The molecule has 1 aromatic rings. The highest BCUT2D eigenvalue weighted by Crippen LogP contribution is 2.37. The first-order valence-electron chi connectivity index (χ1n) is 5.76. The van der Waals surface area contributed by atoms with Crippen LogP contribution in [0.5, 0.6) is 11.5 Å². The van der Waals surface area contributed by atoms with Gasteiger partial charge in [-0.25, -0.2) is 0 Å². The van der Waals surface area contributed by atoms with Gasteiger partial charge in [0, 0.05) is 0 Å². The molecule has 0 saturated carbocycles. The van der Waals surface area contributed by atoms with Gasteiger partial charge < -0.3 is 9.47 Å². The Bertz CT molecular complexity index is 365. The summed E-state index contributed by atoms with van der Waals surface area (Å²) in [5, 5.41) is 0.0424. The molecule has 0 saturated heterocycles. The molecule has 2 unspecified atom stereocenters. The summed E-state index contributed by atoms with van der Waals surface area (Å²) in [7, 11) is 0. The second kappa shape index (κ2) is 4.96. The van der Waals surface area contributed by atoms with Crippen LogP contribution < -0.4 is 9.47 Å². The van der Waals surface area contributed by atoms with E-state index in [4.69, 9.17) is 21.1 Å². The normalized spacial score (nSPS) is 17.9. The molecule has 2 rings (SSSR count). The molecule has 0 spiro atoms. The van der Waals surface area contributed by atoms with Crippen molar-refractivity contribution in [3.63, 3.8) is 0 Å². The Morgan fingerprint density at radius 2 is 1.94 bits per heavy atom. The van der Waals surface area contributed by atoms with Gasteiger partial charge in [0.1, 0.15) is 13.2 Å². The Kier molecular flexibility index (Phi) is 3.59. The Morgan fingerprint density at radius 3 is 2.62 bits per heavy atom. The molecule has 0 fully saturated rings. The van der Waals surface area contributed by atoms with Crippen LogP contribution in [0.15, 0.2) is 18.2 Å². The Balaban J connectivity index is 2.22. The first-order valence-corrected chi connectivity index (χ1v) is 6.19. The summed E-state index contributed by atoms with van der Waals surface area (Å²) in [4.78, 5) is 0. The molecule has 1 aliphatic heterocycles. The van der Waals surface area contributed by atoms with Crippen molar-refractivity contribution in [2.75, 3.05) is 13.2 Å². The molecule has 1 aliphatic rings. The molecule has 2 nitrogen and oxygen atoms in total. The number of fused-ring (bicyclic) bond motifs is 1. The molecule has 0 bridgehead atoms. The van der Waals surface area contributed by atoms with Gasteiger partial charge in [-0.2, -0.15) is 0 Å². The van der Waals surface area contributed by atoms with Crippen molar-refractivity contribution in [3.8, 4) is 11.5 Å². The van der Waals surface area contributed by atoms with Crippen molar-refractivity contribution in [3.05, 3.63) is 23.8 Å². The van der Waals surface area contributed by atoms with Crippen LogP contribution in [0, 0.1) is 5.92 Å². The lowest BCUT2D eigenvalue weighted by Gasteiger charge is -2.21. The average molecular weight is 241 g/mol. The van der Waals surface area contributed by atoms with E-state index < -0.39 is 0 Å². The quantitative estimate of drug-likeness (QED) is 0.749. The van der Waals surface area contributed by atoms with E-state index >= 15 is 0 Å². The SMILES string of the molecule is CCC(C)C(Cl)c1ccc2c(c1)OCCO2. The molecule has 0 radical (unpaired) electrons. The van der Waals surface area contributed by atoms with Gasteiger partial charge in [0.05, 0.1) is 5.38 Å². The van der Waals surface area contributed by atoms with E-state index in [2.05, 4.69) is 13.8 Å². The van der Waals surface area contributed by atoms with Crippen LogP contribution in [0.2, 0.25) is 0 Å². The smallest absolute Gasteiger partial charge is 0.161 e. The monoisotopic (exact) mass is 240 g/mol. The molecule has 16 heavy (non-hydrogen) atoms. The lowest BCUT2D eigenvalue weighted by Crippen LogP contribution is -2.15. The van der Waals surface area contributed by atoms with E-state index in [9.17, 15) is 0 Å². The van der Waals surface area contributed by atoms with Gasteiger partial charge in [-0.15, -0.1) is 11.6 Å². The van der Waals surface area contributed by atoms with Crippen molar-refractivity contribution < 1.29 is 9.47 Å². The fourth-order valence-corrected chi connectivity index (χ4v) is 2.08. The van der Waals surface area contributed by atoms with Crippen LogP contribution in [0.4, 0.5) is 0 Å². The molecule has 2 atom stereocenters. The molecular weight excluding hydrogens is 224 g/mol. The fraction of sp³-hybridized carbons (Fsp3) is 0.538. The highest BCUT2D eigenvalue weighted by molar-refractivity contribution is 6.21. The minimum Gasteiger partial charge on any atom is -0.486 e. The summed E-state index contributed by atoms with van der Waals surface area (Å²) in [5.41, 5.74) is 1.11. The maximum Gasteiger partial charge on any atom is 0.161 e. The van der Waals surface area contributed by atoms with Crippen LogP contribution in [0.25, 0.3) is 0 Å². The van der Waals surface area contributed by atoms with Gasteiger partial charge in [0.15, 0.2) is 11.5 Å². The van der Waals surface area contributed by atoms with Gasteiger partial charge >= 0.3 is 0 Å². The number of rotatable bonds is 3. The van der Waals surface area contributed by atoms with Crippen LogP contribution in [-0.4, -0.2) is 13.2 Å². The zero-order valence-corrected chi connectivity index (χ0v) is 10.5. The van der Waals surface area contributed by atoms with Crippen molar-refractivity contribution in [1.82, 2.24) is 0 Å². The van der Waals surface area contributed by atoms with E-state index in [1.54, 1.807) is 0 Å². The molecule has 1 aromatic carbocycles. The predicted molar refractivity (Wildman–Crippen MR) is 65.5 cm³/mol.